The third-order valence-electron chi connectivity index (χ3n) is 5.26. The highest BCUT2D eigenvalue weighted by Gasteiger charge is 2.25. The molecule has 0 radical (unpaired) electrons. The molecule has 0 bridgehead atoms. The topological polar surface area (TPSA) is 64.7 Å². The predicted molar refractivity (Wildman–Crippen MR) is 116 cm³/mol. The Bertz CT molecular complexity index is 817. The molecule has 1 atom stereocenters. The minimum Gasteiger partial charge on any atom is -0.355 e. The molecule has 154 valence electrons. The lowest BCUT2D eigenvalue weighted by atomic mass is 10.1. The average Bonchev–Trinajstić information content (AvgIpc) is 2.75. The molecule has 0 aliphatic carbocycles. The highest BCUT2D eigenvalue weighted by molar-refractivity contribution is 6.00. The van der Waals surface area contributed by atoms with Gasteiger partial charge < -0.3 is 15.5 Å². The molecule has 2 aromatic carbocycles. The molecule has 29 heavy (non-hydrogen) atoms. The molecule has 1 unspecified atom stereocenters. The van der Waals surface area contributed by atoms with Crippen LogP contribution in [0.4, 0.5) is 11.4 Å². The van der Waals surface area contributed by atoms with Crippen molar-refractivity contribution in [2.24, 2.45) is 0 Å². The maximum absolute atomic E-state index is 13.1. The number of hydrogen-bond donors (Lipinski definition) is 2. The van der Waals surface area contributed by atoms with Crippen molar-refractivity contribution in [2.75, 3.05) is 38.0 Å². The van der Waals surface area contributed by atoms with E-state index >= 15 is 0 Å². The normalized spacial score (nSPS) is 15.6. The Hall–Kier alpha value is -2.86. The second kappa shape index (κ2) is 10.1. The molecule has 0 aromatic heterocycles. The summed E-state index contributed by atoms with van der Waals surface area (Å²) in [5, 5.41) is 6.34. The quantitative estimate of drug-likeness (QED) is 0.757. The van der Waals surface area contributed by atoms with Gasteiger partial charge in [0, 0.05) is 37.9 Å². The summed E-state index contributed by atoms with van der Waals surface area (Å²) in [4.78, 5) is 29.2. The zero-order valence-corrected chi connectivity index (χ0v) is 17.2. The van der Waals surface area contributed by atoms with Crippen LogP contribution in [-0.4, -0.2) is 60.4 Å². The van der Waals surface area contributed by atoms with E-state index in [9.17, 15) is 9.59 Å². The van der Waals surface area contributed by atoms with Crippen molar-refractivity contribution < 1.29 is 9.59 Å². The van der Waals surface area contributed by atoms with E-state index in [-0.39, 0.29) is 17.9 Å². The molecule has 1 aliphatic rings. The van der Waals surface area contributed by atoms with Gasteiger partial charge in [-0.1, -0.05) is 37.3 Å². The van der Waals surface area contributed by atoms with Gasteiger partial charge in [0.1, 0.15) is 0 Å². The number of anilines is 2. The number of hydrogen-bond acceptors (Lipinski definition) is 4. The van der Waals surface area contributed by atoms with Gasteiger partial charge in [-0.15, -0.1) is 0 Å². The minimum absolute atomic E-state index is 0.0211. The van der Waals surface area contributed by atoms with Crippen LogP contribution in [0.2, 0.25) is 0 Å². The van der Waals surface area contributed by atoms with Crippen LogP contribution < -0.4 is 10.6 Å². The molecular weight excluding hydrogens is 364 g/mol. The van der Waals surface area contributed by atoms with Gasteiger partial charge in [-0.3, -0.25) is 14.5 Å². The summed E-state index contributed by atoms with van der Waals surface area (Å²) in [6, 6.07) is 17.6. The summed E-state index contributed by atoms with van der Waals surface area (Å²) in [6.45, 7) is 7.10. The van der Waals surface area contributed by atoms with Gasteiger partial charge in [-0.2, -0.15) is 0 Å². The minimum atomic E-state index is 0.0211. The summed E-state index contributed by atoms with van der Waals surface area (Å²) < 4.78 is 0. The molecule has 6 heteroatoms. The first-order chi connectivity index (χ1) is 14.1. The van der Waals surface area contributed by atoms with E-state index in [2.05, 4.69) is 22.5 Å². The molecule has 2 aromatic rings. The molecule has 6 nitrogen and oxygen atoms in total. The summed E-state index contributed by atoms with van der Waals surface area (Å²) >= 11 is 0. The van der Waals surface area contributed by atoms with E-state index in [1.165, 1.54) is 0 Å². The van der Waals surface area contributed by atoms with Crippen LogP contribution in [0.3, 0.4) is 0 Å². The maximum Gasteiger partial charge on any atom is 0.256 e. The standard InChI is InChI=1S/C23H30N4O2/c1-3-18(2)24-22(28)17-26-13-15-27(16-14-26)23(29)20-11-7-8-12-21(20)25-19-9-5-4-6-10-19/h4-12,18,25H,3,13-17H2,1-2H3,(H,24,28). The predicted octanol–water partition coefficient (Wildman–Crippen LogP) is 3.10. The Labute approximate surface area is 172 Å². The lowest BCUT2D eigenvalue weighted by molar-refractivity contribution is -0.123. The highest BCUT2D eigenvalue weighted by atomic mass is 16.2. The Balaban J connectivity index is 1.58. The van der Waals surface area contributed by atoms with E-state index in [0.29, 0.717) is 38.3 Å². The lowest BCUT2D eigenvalue weighted by Crippen LogP contribution is -2.51. The molecule has 2 N–H and O–H groups in total. The largest absolute Gasteiger partial charge is 0.355 e. The number of rotatable bonds is 7. The van der Waals surface area contributed by atoms with E-state index in [1.807, 2.05) is 66.4 Å². The highest BCUT2D eigenvalue weighted by Crippen LogP contribution is 2.22. The van der Waals surface area contributed by atoms with Crippen LogP contribution in [0, 0.1) is 0 Å². The van der Waals surface area contributed by atoms with Crippen LogP contribution in [0.25, 0.3) is 0 Å². The average molecular weight is 395 g/mol. The zero-order valence-electron chi connectivity index (χ0n) is 17.2. The Morgan fingerprint density at radius 3 is 2.31 bits per heavy atom. The molecular formula is C23H30N4O2. The van der Waals surface area contributed by atoms with Crippen molar-refractivity contribution in [3.8, 4) is 0 Å². The number of benzene rings is 2. The first-order valence-electron chi connectivity index (χ1n) is 10.3. The molecule has 2 amide bonds. The maximum atomic E-state index is 13.1. The third kappa shape index (κ3) is 5.81. The molecule has 1 saturated heterocycles. The van der Waals surface area contributed by atoms with Crippen molar-refractivity contribution in [1.82, 2.24) is 15.1 Å². The van der Waals surface area contributed by atoms with Gasteiger partial charge in [-0.25, -0.2) is 0 Å². The second-order valence-corrected chi connectivity index (χ2v) is 7.48. The summed E-state index contributed by atoms with van der Waals surface area (Å²) in [7, 11) is 0. The van der Waals surface area contributed by atoms with Crippen molar-refractivity contribution in [2.45, 2.75) is 26.3 Å². The van der Waals surface area contributed by atoms with Gasteiger partial charge in [0.25, 0.3) is 5.91 Å². The molecule has 1 heterocycles. The Kier molecular flexibility index (Phi) is 7.25. The van der Waals surface area contributed by atoms with Crippen molar-refractivity contribution in [1.29, 1.82) is 0 Å². The number of amides is 2. The van der Waals surface area contributed by atoms with E-state index < -0.39 is 0 Å². The number of nitrogens with zero attached hydrogens (tertiary/aromatic N) is 2. The Morgan fingerprint density at radius 2 is 1.62 bits per heavy atom. The molecule has 1 aliphatic heterocycles. The molecule has 1 fully saturated rings. The van der Waals surface area contributed by atoms with Crippen molar-refractivity contribution in [3.05, 3.63) is 60.2 Å². The summed E-state index contributed by atoms with van der Waals surface area (Å²) in [5.41, 5.74) is 2.42. The first kappa shape index (κ1) is 20.9. The monoisotopic (exact) mass is 394 g/mol. The van der Waals surface area contributed by atoms with E-state index in [1.54, 1.807) is 0 Å². The Morgan fingerprint density at radius 1 is 0.966 bits per heavy atom. The fourth-order valence-electron chi connectivity index (χ4n) is 3.36. The van der Waals surface area contributed by atoms with E-state index in [0.717, 1.165) is 17.8 Å². The van der Waals surface area contributed by atoms with Crippen LogP contribution >= 0.6 is 0 Å². The molecule has 3 rings (SSSR count). The number of piperazine rings is 1. The van der Waals surface area contributed by atoms with Crippen LogP contribution in [-0.2, 0) is 4.79 Å². The van der Waals surface area contributed by atoms with Gasteiger partial charge >= 0.3 is 0 Å². The first-order valence-corrected chi connectivity index (χ1v) is 10.3. The lowest BCUT2D eigenvalue weighted by Gasteiger charge is -2.34. The number of para-hydroxylation sites is 2. The fraction of sp³-hybridized carbons (Fsp3) is 0.391. The SMILES string of the molecule is CCC(C)NC(=O)CN1CCN(C(=O)c2ccccc2Nc2ccccc2)CC1. The van der Waals surface area contributed by atoms with Crippen molar-refractivity contribution >= 4 is 23.2 Å². The van der Waals surface area contributed by atoms with E-state index in [4.69, 9.17) is 0 Å². The van der Waals surface area contributed by atoms with Gasteiger partial charge in [-0.05, 0) is 37.6 Å². The molecule has 0 saturated carbocycles. The fourth-order valence-corrected chi connectivity index (χ4v) is 3.36. The third-order valence-corrected chi connectivity index (χ3v) is 5.26. The van der Waals surface area contributed by atoms with Gasteiger partial charge in [0.15, 0.2) is 0 Å². The summed E-state index contributed by atoms with van der Waals surface area (Å²) in [5.74, 6) is 0.0734. The van der Waals surface area contributed by atoms with Crippen LogP contribution in [0.5, 0.6) is 0 Å². The second-order valence-electron chi connectivity index (χ2n) is 7.48. The van der Waals surface area contributed by atoms with Crippen LogP contribution in [0.15, 0.2) is 54.6 Å². The smallest absolute Gasteiger partial charge is 0.256 e. The van der Waals surface area contributed by atoms with Crippen molar-refractivity contribution in [3.63, 3.8) is 0 Å². The molecule has 0 spiro atoms. The van der Waals surface area contributed by atoms with Gasteiger partial charge in [0.05, 0.1) is 17.8 Å². The van der Waals surface area contributed by atoms with Gasteiger partial charge in [0.2, 0.25) is 5.91 Å². The van der Waals surface area contributed by atoms with Crippen LogP contribution in [0.1, 0.15) is 30.6 Å². The number of nitrogens with one attached hydrogen (secondary N) is 2. The number of carbonyl (C=O) groups is 2. The zero-order chi connectivity index (χ0) is 20.6. The summed E-state index contributed by atoms with van der Waals surface area (Å²) in [6.07, 6.45) is 0.921. The number of carbonyl (C=O) groups excluding carboxylic acids is 2.